The van der Waals surface area contributed by atoms with E-state index in [2.05, 4.69) is 19.2 Å². The van der Waals surface area contributed by atoms with E-state index in [1.165, 1.54) is 25.7 Å². The number of nitrogens with one attached hydrogen (secondary N) is 1. The van der Waals surface area contributed by atoms with Gasteiger partial charge in [0, 0.05) is 12.6 Å². The summed E-state index contributed by atoms with van der Waals surface area (Å²) in [6.07, 6.45) is 5.36. The molecule has 0 bridgehead atoms. The lowest BCUT2D eigenvalue weighted by molar-refractivity contribution is 0.525. The van der Waals surface area contributed by atoms with E-state index in [1.807, 2.05) is 13.5 Å². The van der Waals surface area contributed by atoms with Crippen molar-refractivity contribution in [3.05, 3.63) is 6.54 Å². The smallest absolute Gasteiger partial charge is 0.0192 e. The fourth-order valence-corrected chi connectivity index (χ4v) is 1.07. The molecule has 1 N–H and O–H groups in total. The van der Waals surface area contributed by atoms with Gasteiger partial charge in [-0.05, 0) is 20.3 Å². The highest BCUT2D eigenvalue weighted by atomic mass is 14.9. The van der Waals surface area contributed by atoms with E-state index < -0.39 is 0 Å². The molecule has 0 aliphatic heterocycles. The Bertz CT molecular complexity index is 61.7. The van der Waals surface area contributed by atoms with E-state index in [9.17, 15) is 0 Å². The highest BCUT2D eigenvalue weighted by molar-refractivity contribution is 4.63. The van der Waals surface area contributed by atoms with Crippen LogP contribution in [-0.2, 0) is 0 Å². The van der Waals surface area contributed by atoms with Crippen molar-refractivity contribution < 1.29 is 0 Å². The van der Waals surface area contributed by atoms with Crippen LogP contribution >= 0.6 is 0 Å². The summed E-state index contributed by atoms with van der Waals surface area (Å²) in [6, 6.07) is 0.663. The van der Waals surface area contributed by atoms with Gasteiger partial charge in [0.15, 0.2) is 0 Å². The van der Waals surface area contributed by atoms with Crippen LogP contribution in [0.2, 0.25) is 0 Å². The molecule has 0 aromatic heterocycles. The van der Waals surface area contributed by atoms with E-state index in [1.54, 1.807) is 0 Å². The molecule has 0 spiro atoms. The molecule has 0 aromatic carbocycles. The Kier molecular flexibility index (Phi) is 7.04. The van der Waals surface area contributed by atoms with Gasteiger partial charge in [-0.25, -0.2) is 0 Å². The molecule has 61 valence electrons. The van der Waals surface area contributed by atoms with Crippen LogP contribution in [0.25, 0.3) is 0 Å². The summed E-state index contributed by atoms with van der Waals surface area (Å²) in [4.78, 5) is 0. The van der Waals surface area contributed by atoms with Crippen LogP contribution in [0.5, 0.6) is 0 Å². The minimum absolute atomic E-state index is 0.663. The maximum Gasteiger partial charge on any atom is 0.0192 e. The molecule has 0 saturated heterocycles. The third kappa shape index (κ3) is 6.09. The fraction of sp³-hybridized carbons (Fsp3) is 0.889. The van der Waals surface area contributed by atoms with Crippen LogP contribution in [0.1, 0.15) is 46.5 Å². The molecule has 0 aliphatic rings. The van der Waals surface area contributed by atoms with Gasteiger partial charge in [0.1, 0.15) is 0 Å². The number of hydrogen-bond donors (Lipinski definition) is 1. The first-order chi connectivity index (χ1) is 4.81. The molecular weight excluding hydrogens is 122 g/mol. The molecule has 0 aliphatic carbocycles. The van der Waals surface area contributed by atoms with Gasteiger partial charge >= 0.3 is 0 Å². The van der Waals surface area contributed by atoms with Crippen molar-refractivity contribution in [1.29, 1.82) is 0 Å². The average Bonchev–Trinajstić information content (AvgIpc) is 1.89. The summed E-state index contributed by atoms with van der Waals surface area (Å²) >= 11 is 0. The Hall–Kier alpha value is -0.0400. The zero-order valence-corrected chi connectivity index (χ0v) is 7.48. The van der Waals surface area contributed by atoms with Crippen molar-refractivity contribution in [3.8, 4) is 0 Å². The number of rotatable bonds is 6. The number of hydrogen-bond acceptors (Lipinski definition) is 1. The standard InChI is InChI=1S/C9H20N/c1-4-6-7-8-9(3)10-5-2/h5,9-10H,4,6-8H2,1-3H3. The Balaban J connectivity index is 2.97. The first kappa shape index (κ1) is 9.96. The van der Waals surface area contributed by atoms with E-state index in [4.69, 9.17) is 0 Å². The topological polar surface area (TPSA) is 12.0 Å². The van der Waals surface area contributed by atoms with E-state index in [-0.39, 0.29) is 0 Å². The van der Waals surface area contributed by atoms with Crippen LogP contribution in [0, 0.1) is 6.54 Å². The minimum Gasteiger partial charge on any atom is -0.310 e. The molecule has 0 rings (SSSR count). The second-order valence-corrected chi connectivity index (χ2v) is 2.85. The average molecular weight is 142 g/mol. The largest absolute Gasteiger partial charge is 0.310 e. The third-order valence-corrected chi connectivity index (χ3v) is 1.69. The van der Waals surface area contributed by atoms with Gasteiger partial charge in [0.05, 0.1) is 0 Å². The molecule has 0 saturated carbocycles. The Morgan fingerprint density at radius 3 is 2.60 bits per heavy atom. The lowest BCUT2D eigenvalue weighted by Gasteiger charge is -2.10. The Labute approximate surface area is 65.2 Å². The SMILES string of the molecule is C[CH]NC(C)CCCCC. The van der Waals surface area contributed by atoms with Crippen LogP contribution < -0.4 is 5.32 Å². The Morgan fingerprint density at radius 2 is 2.10 bits per heavy atom. The van der Waals surface area contributed by atoms with E-state index in [0.717, 1.165) is 0 Å². The van der Waals surface area contributed by atoms with Crippen LogP contribution in [-0.4, -0.2) is 6.04 Å². The predicted molar refractivity (Wildman–Crippen MR) is 46.7 cm³/mol. The Morgan fingerprint density at radius 1 is 1.40 bits per heavy atom. The van der Waals surface area contributed by atoms with Crippen LogP contribution in [0.4, 0.5) is 0 Å². The van der Waals surface area contributed by atoms with Crippen molar-refractivity contribution in [2.24, 2.45) is 0 Å². The predicted octanol–water partition coefficient (Wildman–Crippen LogP) is 2.73. The van der Waals surface area contributed by atoms with Gasteiger partial charge in [-0.15, -0.1) is 0 Å². The quantitative estimate of drug-likeness (QED) is 0.562. The number of unbranched alkanes of at least 4 members (excludes halogenated alkanes) is 2. The molecule has 1 nitrogen and oxygen atoms in total. The summed E-state index contributed by atoms with van der Waals surface area (Å²) in [5, 5.41) is 3.28. The molecule has 0 heterocycles. The van der Waals surface area contributed by atoms with Gasteiger partial charge < -0.3 is 5.32 Å². The van der Waals surface area contributed by atoms with Crippen LogP contribution in [0.3, 0.4) is 0 Å². The molecule has 1 heteroatoms. The van der Waals surface area contributed by atoms with Crippen molar-refractivity contribution in [2.75, 3.05) is 0 Å². The normalized spacial score (nSPS) is 13.5. The highest BCUT2D eigenvalue weighted by Crippen LogP contribution is 2.02. The zero-order valence-electron chi connectivity index (χ0n) is 7.48. The molecule has 1 atom stereocenters. The van der Waals surface area contributed by atoms with Crippen molar-refractivity contribution in [2.45, 2.75) is 52.5 Å². The monoisotopic (exact) mass is 142 g/mol. The van der Waals surface area contributed by atoms with Crippen molar-refractivity contribution in [3.63, 3.8) is 0 Å². The maximum absolute atomic E-state index is 3.28. The fourth-order valence-electron chi connectivity index (χ4n) is 1.07. The molecule has 10 heavy (non-hydrogen) atoms. The van der Waals surface area contributed by atoms with Gasteiger partial charge in [-0.2, -0.15) is 0 Å². The second kappa shape index (κ2) is 7.07. The summed E-state index contributed by atoms with van der Waals surface area (Å²) < 4.78 is 0. The third-order valence-electron chi connectivity index (χ3n) is 1.69. The highest BCUT2D eigenvalue weighted by Gasteiger charge is 1.97. The summed E-state index contributed by atoms with van der Waals surface area (Å²) in [5.74, 6) is 0. The maximum atomic E-state index is 3.28. The van der Waals surface area contributed by atoms with E-state index >= 15 is 0 Å². The summed E-state index contributed by atoms with van der Waals surface area (Å²) in [7, 11) is 0. The minimum atomic E-state index is 0.663. The van der Waals surface area contributed by atoms with Gasteiger partial charge in [0.2, 0.25) is 0 Å². The van der Waals surface area contributed by atoms with Gasteiger partial charge in [0.25, 0.3) is 0 Å². The summed E-state index contributed by atoms with van der Waals surface area (Å²) in [6.45, 7) is 8.53. The molecule has 1 unspecified atom stereocenters. The molecular formula is C9H20N. The second-order valence-electron chi connectivity index (χ2n) is 2.85. The van der Waals surface area contributed by atoms with Crippen molar-refractivity contribution in [1.82, 2.24) is 5.32 Å². The molecule has 1 radical (unpaired) electrons. The van der Waals surface area contributed by atoms with Crippen molar-refractivity contribution >= 4 is 0 Å². The van der Waals surface area contributed by atoms with Gasteiger partial charge in [-0.3, -0.25) is 0 Å². The first-order valence-electron chi connectivity index (χ1n) is 4.35. The zero-order chi connectivity index (χ0) is 7.82. The molecule has 0 amide bonds. The lowest BCUT2D eigenvalue weighted by atomic mass is 10.1. The van der Waals surface area contributed by atoms with E-state index in [0.29, 0.717) is 6.04 Å². The lowest BCUT2D eigenvalue weighted by Crippen LogP contribution is -2.21. The first-order valence-corrected chi connectivity index (χ1v) is 4.35. The molecule has 0 aromatic rings. The van der Waals surface area contributed by atoms with Crippen LogP contribution in [0.15, 0.2) is 0 Å². The van der Waals surface area contributed by atoms with Gasteiger partial charge in [-0.1, -0.05) is 26.2 Å². The summed E-state index contributed by atoms with van der Waals surface area (Å²) in [5.41, 5.74) is 0. The molecule has 0 fully saturated rings.